The Morgan fingerprint density at radius 3 is 2.58 bits per heavy atom. The summed E-state index contributed by atoms with van der Waals surface area (Å²) in [5, 5.41) is 4.64. The van der Waals surface area contributed by atoms with E-state index in [2.05, 4.69) is 20.0 Å². The molecule has 2 fully saturated rings. The lowest BCUT2D eigenvalue weighted by atomic mass is 9.80. The Balaban J connectivity index is 1.33. The fourth-order valence-corrected chi connectivity index (χ4v) is 6.93. The molecule has 218 valence electrons. The predicted molar refractivity (Wildman–Crippen MR) is 150 cm³/mol. The first-order chi connectivity index (χ1) is 18.8. The molecule has 3 aromatic rings. The molecule has 8 nitrogen and oxygen atoms in total. The van der Waals surface area contributed by atoms with Gasteiger partial charge < -0.3 is 9.80 Å². The van der Waals surface area contributed by atoms with Crippen LogP contribution in [0.15, 0.2) is 24.4 Å². The highest BCUT2D eigenvalue weighted by atomic mass is 35.5. The van der Waals surface area contributed by atoms with Crippen molar-refractivity contribution in [1.29, 1.82) is 0 Å². The van der Waals surface area contributed by atoms with Crippen molar-refractivity contribution >= 4 is 50.0 Å². The van der Waals surface area contributed by atoms with Crippen LogP contribution in [-0.2, 0) is 16.0 Å². The van der Waals surface area contributed by atoms with Gasteiger partial charge in [0.15, 0.2) is 11.3 Å². The second kappa shape index (κ2) is 11.3. The zero-order valence-electron chi connectivity index (χ0n) is 22.2. The number of piperidine rings is 1. The quantitative estimate of drug-likeness (QED) is 0.337. The molecule has 2 aromatic heterocycles. The maximum Gasteiger partial charge on any atom is 0.437 e. The number of rotatable bonds is 8. The summed E-state index contributed by atoms with van der Waals surface area (Å²) >= 11 is 12.4. The molecule has 2 atom stereocenters. The lowest BCUT2D eigenvalue weighted by Gasteiger charge is -2.47. The van der Waals surface area contributed by atoms with Crippen LogP contribution < -0.4 is 4.90 Å². The minimum atomic E-state index is -4.70. The molecule has 0 N–H and O–H groups in total. The Morgan fingerprint density at radius 1 is 1.15 bits per heavy atom. The van der Waals surface area contributed by atoms with E-state index < -0.39 is 27.7 Å². The summed E-state index contributed by atoms with van der Waals surface area (Å²) in [7, 11) is -2.96. The molecule has 1 aromatic carbocycles. The summed E-state index contributed by atoms with van der Waals surface area (Å²) < 4.78 is 65.7. The molecule has 4 heterocycles. The topological polar surface area (TPSA) is 84.2 Å². The highest BCUT2D eigenvalue weighted by molar-refractivity contribution is 7.90. The molecule has 2 aliphatic rings. The molecule has 0 radical (unpaired) electrons. The Bertz CT molecular complexity index is 1490. The minimum Gasteiger partial charge on any atom is -0.355 e. The zero-order valence-corrected chi connectivity index (χ0v) is 24.5. The van der Waals surface area contributed by atoms with Crippen LogP contribution >= 0.6 is 23.2 Å². The maximum absolute atomic E-state index is 13.9. The number of alkyl halides is 3. The van der Waals surface area contributed by atoms with Crippen molar-refractivity contribution in [2.45, 2.75) is 38.4 Å². The second-order valence-corrected chi connectivity index (χ2v) is 14.0. The van der Waals surface area contributed by atoms with Crippen LogP contribution in [0, 0.1) is 11.8 Å². The molecule has 2 aliphatic heterocycles. The molecule has 40 heavy (non-hydrogen) atoms. The number of benzene rings is 1. The Hall–Kier alpha value is -2.15. The van der Waals surface area contributed by atoms with Gasteiger partial charge in [0.25, 0.3) is 0 Å². The van der Waals surface area contributed by atoms with E-state index in [1.807, 2.05) is 4.90 Å². The molecule has 0 spiro atoms. The van der Waals surface area contributed by atoms with Gasteiger partial charge in [-0.05, 0) is 68.8 Å². The molecular formula is C26H31Cl2F3N6O2S. The van der Waals surface area contributed by atoms with Crippen LogP contribution in [0.4, 0.5) is 19.0 Å². The number of nitrogens with zero attached hydrogens (tertiary/aromatic N) is 6. The van der Waals surface area contributed by atoms with Crippen LogP contribution in [-0.4, -0.2) is 77.8 Å². The number of aromatic nitrogens is 4. The SMILES string of the molecule is CC(c1ccc(Cl)cc1Cl)n1nc(C(F)(F)F)c2ncc(N3CC(C4CCCN(CCCS(C)(=O)=O)C4)C3)nc21. The third-order valence-electron chi connectivity index (χ3n) is 7.87. The van der Waals surface area contributed by atoms with E-state index in [1.165, 1.54) is 17.1 Å². The van der Waals surface area contributed by atoms with Gasteiger partial charge in [0.05, 0.1) is 18.0 Å². The summed E-state index contributed by atoms with van der Waals surface area (Å²) in [5.74, 6) is 1.61. The Morgan fingerprint density at radius 2 is 1.90 bits per heavy atom. The van der Waals surface area contributed by atoms with Crippen molar-refractivity contribution in [2.75, 3.05) is 49.6 Å². The van der Waals surface area contributed by atoms with Crippen molar-refractivity contribution in [3.8, 4) is 0 Å². The van der Waals surface area contributed by atoms with Crippen LogP contribution in [0.3, 0.4) is 0 Å². The third-order valence-corrected chi connectivity index (χ3v) is 9.46. The van der Waals surface area contributed by atoms with E-state index in [4.69, 9.17) is 23.2 Å². The van der Waals surface area contributed by atoms with Crippen LogP contribution in [0.5, 0.6) is 0 Å². The average Bonchev–Trinajstić information content (AvgIpc) is 3.22. The van der Waals surface area contributed by atoms with Gasteiger partial charge in [-0.2, -0.15) is 18.3 Å². The van der Waals surface area contributed by atoms with Gasteiger partial charge in [0.1, 0.15) is 21.2 Å². The van der Waals surface area contributed by atoms with E-state index >= 15 is 0 Å². The van der Waals surface area contributed by atoms with Gasteiger partial charge in [-0.15, -0.1) is 0 Å². The highest BCUT2D eigenvalue weighted by Crippen LogP contribution is 2.38. The predicted octanol–water partition coefficient (Wildman–Crippen LogP) is 5.34. The standard InChI is InChI=1S/C26H31Cl2F3N6O2S/c1-16(20-7-6-19(27)11-21(20)28)37-25-23(24(34-37)26(29,30)31)32-12-22(33-25)36-14-18(15-36)17-5-3-8-35(13-17)9-4-10-40(2,38)39/h6-7,11-12,16-18H,3-5,8-10,13-15H2,1-2H3. The lowest BCUT2D eigenvalue weighted by Crippen LogP contribution is -2.54. The second-order valence-electron chi connectivity index (χ2n) is 10.9. The number of anilines is 1. The summed E-state index contributed by atoms with van der Waals surface area (Å²) in [4.78, 5) is 13.2. The van der Waals surface area contributed by atoms with Crippen molar-refractivity contribution in [3.05, 3.63) is 45.7 Å². The molecule has 2 saturated heterocycles. The largest absolute Gasteiger partial charge is 0.437 e. The van der Waals surface area contributed by atoms with Crippen LogP contribution in [0.25, 0.3) is 11.2 Å². The van der Waals surface area contributed by atoms with Crippen molar-refractivity contribution in [2.24, 2.45) is 11.8 Å². The molecule has 0 bridgehead atoms. The van der Waals surface area contributed by atoms with E-state index in [1.54, 1.807) is 25.1 Å². The first-order valence-electron chi connectivity index (χ1n) is 13.2. The van der Waals surface area contributed by atoms with Gasteiger partial charge in [-0.25, -0.2) is 23.1 Å². The first-order valence-corrected chi connectivity index (χ1v) is 16.0. The molecule has 5 rings (SSSR count). The fraction of sp³-hybridized carbons (Fsp3) is 0.577. The number of hydrogen-bond acceptors (Lipinski definition) is 7. The zero-order chi connectivity index (χ0) is 28.8. The molecular weight excluding hydrogens is 588 g/mol. The molecule has 2 unspecified atom stereocenters. The van der Waals surface area contributed by atoms with Gasteiger partial charge in [0.2, 0.25) is 0 Å². The molecule has 14 heteroatoms. The average molecular weight is 620 g/mol. The van der Waals surface area contributed by atoms with Gasteiger partial charge in [-0.1, -0.05) is 29.3 Å². The third kappa shape index (κ3) is 6.34. The highest BCUT2D eigenvalue weighted by Gasteiger charge is 2.40. The fourth-order valence-electron chi connectivity index (χ4n) is 5.71. The van der Waals surface area contributed by atoms with Crippen LogP contribution in [0.1, 0.15) is 43.5 Å². The molecule has 0 amide bonds. The smallest absolute Gasteiger partial charge is 0.355 e. The number of halogens is 5. The number of sulfone groups is 1. The van der Waals surface area contributed by atoms with Crippen molar-refractivity contribution < 1.29 is 21.6 Å². The van der Waals surface area contributed by atoms with Crippen molar-refractivity contribution in [3.63, 3.8) is 0 Å². The lowest BCUT2D eigenvalue weighted by molar-refractivity contribution is -0.140. The van der Waals surface area contributed by atoms with E-state index in [-0.39, 0.29) is 16.9 Å². The Kier molecular flexibility index (Phi) is 8.26. The normalized spacial score (nSPS) is 20.2. The van der Waals surface area contributed by atoms with E-state index in [0.717, 1.165) is 45.6 Å². The van der Waals surface area contributed by atoms with Gasteiger partial charge >= 0.3 is 6.18 Å². The number of likely N-dealkylation sites (tertiary alicyclic amines) is 1. The summed E-state index contributed by atoms with van der Waals surface area (Å²) in [5.41, 5.74) is -0.777. The minimum absolute atomic E-state index is 0.0431. The maximum atomic E-state index is 13.9. The molecule has 0 saturated carbocycles. The van der Waals surface area contributed by atoms with Gasteiger partial charge in [0, 0.05) is 35.9 Å². The van der Waals surface area contributed by atoms with E-state index in [9.17, 15) is 21.6 Å². The van der Waals surface area contributed by atoms with Crippen molar-refractivity contribution in [1.82, 2.24) is 24.6 Å². The van der Waals surface area contributed by atoms with Gasteiger partial charge in [-0.3, -0.25) is 0 Å². The summed E-state index contributed by atoms with van der Waals surface area (Å²) in [6.07, 6.45) is 0.755. The monoisotopic (exact) mass is 618 g/mol. The summed E-state index contributed by atoms with van der Waals surface area (Å²) in [6, 6.07) is 4.20. The molecule has 0 aliphatic carbocycles. The Labute approximate surface area is 241 Å². The van der Waals surface area contributed by atoms with Crippen LogP contribution in [0.2, 0.25) is 10.0 Å². The number of fused-ring (bicyclic) bond motifs is 1. The first kappa shape index (κ1) is 29.3. The summed E-state index contributed by atoms with van der Waals surface area (Å²) in [6.45, 7) is 5.85. The number of hydrogen-bond donors (Lipinski definition) is 0. The van der Waals surface area contributed by atoms with E-state index in [0.29, 0.717) is 39.7 Å².